The molecule has 0 unspecified atom stereocenters. The van der Waals surface area contributed by atoms with Crippen molar-refractivity contribution in [2.45, 2.75) is 0 Å². The predicted molar refractivity (Wildman–Crippen MR) is 111 cm³/mol. The van der Waals surface area contributed by atoms with Gasteiger partial charge in [-0.1, -0.05) is 30.3 Å². The fourth-order valence-electron chi connectivity index (χ4n) is 2.61. The van der Waals surface area contributed by atoms with E-state index < -0.39 is 0 Å². The van der Waals surface area contributed by atoms with Crippen LogP contribution in [0.2, 0.25) is 0 Å². The smallest absolute Gasteiger partial charge is 0.271 e. The van der Waals surface area contributed by atoms with Crippen molar-refractivity contribution in [3.63, 3.8) is 0 Å². The van der Waals surface area contributed by atoms with Crippen molar-refractivity contribution in [1.82, 2.24) is 5.43 Å². The number of fused-ring (bicyclic) bond motifs is 1. The van der Waals surface area contributed by atoms with E-state index in [0.717, 1.165) is 25.7 Å². The second-order valence-electron chi connectivity index (χ2n) is 5.45. The van der Waals surface area contributed by atoms with Gasteiger partial charge in [-0.25, -0.2) is 5.43 Å². The summed E-state index contributed by atoms with van der Waals surface area (Å²) in [7, 11) is 3.21. The summed E-state index contributed by atoms with van der Waals surface area (Å²) in [6, 6.07) is 17.0. The third-order valence-corrected chi connectivity index (χ3v) is 4.77. The minimum absolute atomic E-state index is 0.291. The number of nitrogens with zero attached hydrogens (tertiary/aromatic N) is 1. The summed E-state index contributed by atoms with van der Waals surface area (Å²) < 4.78 is 11.5. The molecule has 0 heterocycles. The summed E-state index contributed by atoms with van der Waals surface area (Å²) in [4.78, 5) is 12.3. The molecular formula is C20H17IN2O3. The highest BCUT2D eigenvalue weighted by molar-refractivity contribution is 14.1. The normalized spacial score (nSPS) is 10.9. The lowest BCUT2D eigenvalue weighted by Gasteiger charge is -2.08. The Kier molecular flexibility index (Phi) is 5.72. The van der Waals surface area contributed by atoms with Crippen molar-refractivity contribution < 1.29 is 14.3 Å². The van der Waals surface area contributed by atoms with E-state index in [1.54, 1.807) is 38.6 Å². The van der Waals surface area contributed by atoms with Crippen LogP contribution in [0.15, 0.2) is 59.7 Å². The van der Waals surface area contributed by atoms with Gasteiger partial charge in [-0.05, 0) is 57.6 Å². The van der Waals surface area contributed by atoms with Crippen LogP contribution >= 0.6 is 22.6 Å². The van der Waals surface area contributed by atoms with E-state index in [1.807, 2.05) is 36.4 Å². The molecule has 0 saturated heterocycles. The Hall–Kier alpha value is -2.61. The number of halogens is 1. The number of nitrogens with one attached hydrogen (secondary N) is 1. The molecule has 0 bridgehead atoms. The van der Waals surface area contributed by atoms with E-state index in [2.05, 4.69) is 33.1 Å². The van der Waals surface area contributed by atoms with Gasteiger partial charge in [0.2, 0.25) is 0 Å². The van der Waals surface area contributed by atoms with Crippen LogP contribution in [0.4, 0.5) is 0 Å². The number of carbonyl (C=O) groups is 1. The molecule has 0 aliphatic carbocycles. The van der Waals surface area contributed by atoms with E-state index in [0.29, 0.717) is 11.3 Å². The van der Waals surface area contributed by atoms with E-state index in [1.165, 1.54) is 0 Å². The van der Waals surface area contributed by atoms with Crippen LogP contribution in [0.1, 0.15) is 15.9 Å². The molecule has 3 aromatic rings. The molecule has 1 amide bonds. The Morgan fingerprint density at radius 1 is 1.04 bits per heavy atom. The average Bonchev–Trinajstić information content (AvgIpc) is 2.67. The van der Waals surface area contributed by atoms with Crippen molar-refractivity contribution in [3.05, 3.63) is 69.3 Å². The summed E-state index contributed by atoms with van der Waals surface area (Å²) >= 11 is 2.13. The fraction of sp³-hybridized carbons (Fsp3) is 0.100. The van der Waals surface area contributed by atoms with Crippen LogP contribution in [0.3, 0.4) is 0 Å². The lowest BCUT2D eigenvalue weighted by molar-refractivity contribution is 0.0955. The molecule has 0 fully saturated rings. The molecule has 26 heavy (non-hydrogen) atoms. The number of rotatable bonds is 5. The largest absolute Gasteiger partial charge is 0.496 e. The lowest BCUT2D eigenvalue weighted by Crippen LogP contribution is -2.17. The fourth-order valence-corrected chi connectivity index (χ4v) is 3.35. The highest BCUT2D eigenvalue weighted by atomic mass is 127. The second kappa shape index (κ2) is 8.18. The topological polar surface area (TPSA) is 59.9 Å². The van der Waals surface area contributed by atoms with Crippen LogP contribution in [-0.4, -0.2) is 26.3 Å². The first-order chi connectivity index (χ1) is 12.6. The minimum atomic E-state index is -0.291. The summed E-state index contributed by atoms with van der Waals surface area (Å²) in [5, 5.41) is 6.19. The molecule has 5 nitrogen and oxygen atoms in total. The first-order valence-corrected chi connectivity index (χ1v) is 8.94. The van der Waals surface area contributed by atoms with Crippen LogP contribution in [0, 0.1) is 3.57 Å². The maximum atomic E-state index is 12.3. The van der Waals surface area contributed by atoms with Gasteiger partial charge in [-0.2, -0.15) is 5.10 Å². The number of benzene rings is 3. The third-order valence-electron chi connectivity index (χ3n) is 3.92. The monoisotopic (exact) mass is 460 g/mol. The first-order valence-electron chi connectivity index (χ1n) is 7.86. The number of amides is 1. The maximum absolute atomic E-state index is 12.3. The zero-order valence-corrected chi connectivity index (χ0v) is 16.5. The Morgan fingerprint density at radius 2 is 1.77 bits per heavy atom. The molecule has 1 N–H and O–H groups in total. The quantitative estimate of drug-likeness (QED) is 0.353. The Bertz CT molecular complexity index is 986. The second-order valence-corrected chi connectivity index (χ2v) is 6.61. The van der Waals surface area contributed by atoms with Crippen LogP contribution in [-0.2, 0) is 0 Å². The molecule has 132 valence electrons. The van der Waals surface area contributed by atoms with E-state index in [4.69, 9.17) is 9.47 Å². The third kappa shape index (κ3) is 3.80. The molecule has 6 heteroatoms. The SMILES string of the molecule is COc1ccc(C(=O)N/N=C\c2c(OC)ccc3ccccc23)cc1I. The number of methoxy groups -OCH3 is 2. The zero-order chi connectivity index (χ0) is 18.5. The first kappa shape index (κ1) is 18.2. The molecule has 0 radical (unpaired) electrons. The molecule has 0 spiro atoms. The van der Waals surface area contributed by atoms with Gasteiger partial charge in [0, 0.05) is 11.1 Å². The van der Waals surface area contributed by atoms with Gasteiger partial charge < -0.3 is 9.47 Å². The standard InChI is InChI=1S/C20H17IN2O3/c1-25-18-9-7-13-5-3-4-6-15(13)16(18)12-22-23-20(24)14-8-10-19(26-2)17(21)11-14/h3-12H,1-2H3,(H,23,24)/b22-12-. The molecule has 3 aromatic carbocycles. The summed E-state index contributed by atoms with van der Waals surface area (Å²) in [5.41, 5.74) is 3.89. The highest BCUT2D eigenvalue weighted by Gasteiger charge is 2.09. The maximum Gasteiger partial charge on any atom is 0.271 e. The molecule has 0 atom stereocenters. The Balaban J connectivity index is 1.83. The van der Waals surface area contributed by atoms with Crippen molar-refractivity contribution in [3.8, 4) is 11.5 Å². The van der Waals surface area contributed by atoms with Crippen molar-refractivity contribution >= 4 is 45.5 Å². The van der Waals surface area contributed by atoms with E-state index in [-0.39, 0.29) is 5.91 Å². The number of hydrogen-bond acceptors (Lipinski definition) is 4. The number of ether oxygens (including phenoxy) is 2. The molecule has 0 saturated carbocycles. The average molecular weight is 460 g/mol. The summed E-state index contributed by atoms with van der Waals surface area (Å²) in [6.45, 7) is 0. The lowest BCUT2D eigenvalue weighted by atomic mass is 10.0. The Morgan fingerprint density at radius 3 is 2.50 bits per heavy atom. The van der Waals surface area contributed by atoms with Crippen LogP contribution in [0.25, 0.3) is 10.8 Å². The number of carbonyl (C=O) groups excluding carboxylic acids is 1. The van der Waals surface area contributed by atoms with Gasteiger partial charge >= 0.3 is 0 Å². The molecule has 0 aliphatic heterocycles. The summed E-state index contributed by atoms with van der Waals surface area (Å²) in [5.74, 6) is 1.13. The minimum Gasteiger partial charge on any atom is -0.496 e. The molecule has 0 aromatic heterocycles. The van der Waals surface area contributed by atoms with Crippen molar-refractivity contribution in [2.24, 2.45) is 5.10 Å². The molecule has 3 rings (SSSR count). The van der Waals surface area contributed by atoms with Gasteiger partial charge in [0.1, 0.15) is 11.5 Å². The predicted octanol–water partition coefficient (Wildman–Crippen LogP) is 4.23. The van der Waals surface area contributed by atoms with Crippen molar-refractivity contribution in [1.29, 1.82) is 0 Å². The number of hydrazone groups is 1. The van der Waals surface area contributed by atoms with Crippen LogP contribution < -0.4 is 14.9 Å². The Labute approximate surface area is 165 Å². The van der Waals surface area contributed by atoms with Crippen molar-refractivity contribution in [2.75, 3.05) is 14.2 Å². The van der Waals surface area contributed by atoms with Gasteiger partial charge in [0.25, 0.3) is 5.91 Å². The highest BCUT2D eigenvalue weighted by Crippen LogP contribution is 2.26. The van der Waals surface area contributed by atoms with Gasteiger partial charge in [0.05, 0.1) is 24.0 Å². The van der Waals surface area contributed by atoms with E-state index >= 15 is 0 Å². The molecule has 0 aliphatic rings. The van der Waals surface area contributed by atoms with Gasteiger partial charge in [-0.3, -0.25) is 4.79 Å². The molecular weight excluding hydrogens is 443 g/mol. The number of hydrogen-bond donors (Lipinski definition) is 1. The van der Waals surface area contributed by atoms with Gasteiger partial charge in [-0.15, -0.1) is 0 Å². The van der Waals surface area contributed by atoms with Gasteiger partial charge in [0.15, 0.2) is 0 Å². The van der Waals surface area contributed by atoms with Crippen LogP contribution in [0.5, 0.6) is 11.5 Å². The summed E-state index contributed by atoms with van der Waals surface area (Å²) in [6.07, 6.45) is 1.60. The van der Waals surface area contributed by atoms with E-state index in [9.17, 15) is 4.79 Å². The zero-order valence-electron chi connectivity index (χ0n) is 14.3.